The monoisotopic (exact) mass is 389 g/mol. The topological polar surface area (TPSA) is 117 Å². The van der Waals surface area contributed by atoms with E-state index >= 15 is 0 Å². The van der Waals surface area contributed by atoms with E-state index in [1.54, 1.807) is 42.4 Å². The van der Waals surface area contributed by atoms with E-state index in [1.807, 2.05) is 0 Å². The normalized spacial score (nSPS) is 19.0. The number of benzene rings is 1. The first-order chi connectivity index (χ1) is 13.6. The average Bonchev–Trinajstić information content (AvgIpc) is 3.24. The number of carbonyl (C=O) groups excluding carboxylic acids is 2. The van der Waals surface area contributed by atoms with E-state index in [-0.39, 0.29) is 18.4 Å². The van der Waals surface area contributed by atoms with Crippen LogP contribution in [0.15, 0.2) is 30.6 Å². The quantitative estimate of drug-likeness (QED) is 0.613. The van der Waals surface area contributed by atoms with Gasteiger partial charge in [0.05, 0.1) is 26.5 Å². The number of ether oxygens (including phenoxy) is 3. The SMILES string of the molecule is COc1ccc([C@H]2NC(=O)CO[C@@H]2C(=O)NCCCn2ccnn2)cc1OC. The molecule has 10 heteroatoms. The molecule has 0 spiro atoms. The van der Waals surface area contributed by atoms with Gasteiger partial charge >= 0.3 is 0 Å². The van der Waals surface area contributed by atoms with Gasteiger partial charge in [-0.1, -0.05) is 11.3 Å². The molecule has 1 fully saturated rings. The highest BCUT2D eigenvalue weighted by atomic mass is 16.5. The molecule has 1 aliphatic heterocycles. The van der Waals surface area contributed by atoms with Gasteiger partial charge in [-0.3, -0.25) is 14.3 Å². The maximum Gasteiger partial charge on any atom is 0.251 e. The fraction of sp³-hybridized carbons (Fsp3) is 0.444. The predicted molar refractivity (Wildman–Crippen MR) is 97.8 cm³/mol. The summed E-state index contributed by atoms with van der Waals surface area (Å²) >= 11 is 0. The Morgan fingerprint density at radius 3 is 2.89 bits per heavy atom. The molecule has 2 amide bonds. The van der Waals surface area contributed by atoms with Crippen molar-refractivity contribution < 1.29 is 23.8 Å². The molecule has 0 bridgehead atoms. The van der Waals surface area contributed by atoms with Crippen molar-refractivity contribution in [3.63, 3.8) is 0 Å². The number of aromatic nitrogens is 3. The first-order valence-corrected chi connectivity index (χ1v) is 8.87. The minimum Gasteiger partial charge on any atom is -0.493 e. The Morgan fingerprint density at radius 1 is 1.36 bits per heavy atom. The summed E-state index contributed by atoms with van der Waals surface area (Å²) in [4.78, 5) is 24.5. The van der Waals surface area contributed by atoms with E-state index in [0.717, 1.165) is 0 Å². The molecule has 2 aromatic rings. The van der Waals surface area contributed by atoms with E-state index in [1.165, 1.54) is 7.11 Å². The zero-order valence-corrected chi connectivity index (χ0v) is 15.8. The molecule has 150 valence electrons. The van der Waals surface area contributed by atoms with Gasteiger partial charge in [-0.15, -0.1) is 5.10 Å². The Balaban J connectivity index is 1.66. The first kappa shape index (κ1) is 19.6. The zero-order valence-electron chi connectivity index (χ0n) is 15.8. The summed E-state index contributed by atoms with van der Waals surface area (Å²) in [5, 5.41) is 13.3. The van der Waals surface area contributed by atoms with Gasteiger partial charge < -0.3 is 24.8 Å². The Bertz CT molecular complexity index is 811. The largest absolute Gasteiger partial charge is 0.493 e. The molecule has 2 N–H and O–H groups in total. The number of nitrogens with zero attached hydrogens (tertiary/aromatic N) is 3. The minimum absolute atomic E-state index is 0.166. The molecule has 0 saturated carbocycles. The van der Waals surface area contributed by atoms with Crippen LogP contribution in [0, 0.1) is 0 Å². The van der Waals surface area contributed by atoms with Crippen molar-refractivity contribution in [2.45, 2.75) is 25.1 Å². The highest BCUT2D eigenvalue weighted by Gasteiger charge is 2.36. The number of hydrogen-bond donors (Lipinski definition) is 2. The van der Waals surface area contributed by atoms with Crippen LogP contribution < -0.4 is 20.1 Å². The van der Waals surface area contributed by atoms with Gasteiger partial charge in [-0.2, -0.15) is 0 Å². The van der Waals surface area contributed by atoms with Crippen LogP contribution in [0.2, 0.25) is 0 Å². The molecule has 1 aromatic heterocycles. The number of hydrogen-bond acceptors (Lipinski definition) is 7. The standard InChI is InChI=1S/C18H23N5O5/c1-26-13-5-4-12(10-14(13)27-2)16-17(28-11-15(24)21-16)18(25)19-6-3-8-23-9-7-20-22-23/h4-5,7,9-10,16-17H,3,6,8,11H2,1-2H3,(H,19,25)(H,21,24)/t16-,17+/m1/s1. The van der Waals surface area contributed by atoms with Gasteiger partial charge in [0.1, 0.15) is 6.61 Å². The highest BCUT2D eigenvalue weighted by molar-refractivity contribution is 5.86. The smallest absolute Gasteiger partial charge is 0.251 e. The predicted octanol–water partition coefficient (Wildman–Crippen LogP) is 0.0579. The van der Waals surface area contributed by atoms with Crippen molar-refractivity contribution in [3.8, 4) is 11.5 Å². The maximum absolute atomic E-state index is 12.6. The molecule has 1 saturated heterocycles. The summed E-state index contributed by atoms with van der Waals surface area (Å²) < 4.78 is 17.8. The van der Waals surface area contributed by atoms with E-state index < -0.39 is 12.1 Å². The van der Waals surface area contributed by atoms with Crippen molar-refractivity contribution in [1.82, 2.24) is 25.6 Å². The number of carbonyl (C=O) groups is 2. The summed E-state index contributed by atoms with van der Waals surface area (Å²) in [5.41, 5.74) is 0.688. The first-order valence-electron chi connectivity index (χ1n) is 8.87. The summed E-state index contributed by atoms with van der Waals surface area (Å²) in [6.45, 7) is 0.924. The van der Waals surface area contributed by atoms with Crippen molar-refractivity contribution >= 4 is 11.8 Å². The van der Waals surface area contributed by atoms with Crippen LogP contribution in [0.25, 0.3) is 0 Å². The number of aryl methyl sites for hydroxylation is 1. The van der Waals surface area contributed by atoms with Crippen LogP contribution in [0.5, 0.6) is 11.5 Å². The summed E-state index contributed by atoms with van der Waals surface area (Å²) in [6, 6.07) is 4.59. The molecule has 1 aliphatic rings. The third kappa shape index (κ3) is 4.58. The Morgan fingerprint density at radius 2 is 2.18 bits per heavy atom. The minimum atomic E-state index is -0.845. The highest BCUT2D eigenvalue weighted by Crippen LogP contribution is 2.32. The summed E-state index contributed by atoms with van der Waals surface area (Å²) in [6.07, 6.45) is 3.21. The molecule has 3 rings (SSSR count). The second kappa shape index (κ2) is 9.18. The number of methoxy groups -OCH3 is 2. The molecule has 0 unspecified atom stereocenters. The van der Waals surface area contributed by atoms with Crippen molar-refractivity contribution in [3.05, 3.63) is 36.2 Å². The van der Waals surface area contributed by atoms with E-state index in [9.17, 15) is 9.59 Å². The van der Waals surface area contributed by atoms with Crippen LogP contribution in [0.3, 0.4) is 0 Å². The second-order valence-corrected chi connectivity index (χ2v) is 6.20. The molecule has 1 aromatic carbocycles. The molecule has 2 heterocycles. The van der Waals surface area contributed by atoms with Crippen molar-refractivity contribution in [1.29, 1.82) is 0 Å². The molecular formula is C18H23N5O5. The van der Waals surface area contributed by atoms with Crippen LogP contribution in [-0.2, 0) is 20.9 Å². The third-order valence-electron chi connectivity index (χ3n) is 4.37. The van der Waals surface area contributed by atoms with Gasteiger partial charge in [0, 0.05) is 19.3 Å². The van der Waals surface area contributed by atoms with E-state index in [2.05, 4.69) is 20.9 Å². The number of amides is 2. The van der Waals surface area contributed by atoms with Crippen LogP contribution in [-0.4, -0.2) is 60.3 Å². The summed E-state index contributed by atoms with van der Waals surface area (Å²) in [7, 11) is 3.06. The second-order valence-electron chi connectivity index (χ2n) is 6.20. The van der Waals surface area contributed by atoms with Crippen LogP contribution in [0.4, 0.5) is 0 Å². The Kier molecular flexibility index (Phi) is 6.43. The van der Waals surface area contributed by atoms with Gasteiger partial charge in [0.2, 0.25) is 5.91 Å². The zero-order chi connectivity index (χ0) is 19.9. The Hall–Kier alpha value is -3.14. The molecule has 10 nitrogen and oxygen atoms in total. The summed E-state index contributed by atoms with van der Waals surface area (Å²) in [5.74, 6) is 0.489. The van der Waals surface area contributed by atoms with Crippen molar-refractivity contribution in [2.75, 3.05) is 27.4 Å². The lowest BCUT2D eigenvalue weighted by Crippen LogP contribution is -2.52. The number of rotatable bonds is 8. The maximum atomic E-state index is 12.6. The van der Waals surface area contributed by atoms with E-state index in [0.29, 0.717) is 36.6 Å². The molecule has 28 heavy (non-hydrogen) atoms. The van der Waals surface area contributed by atoms with E-state index in [4.69, 9.17) is 14.2 Å². The molecule has 0 radical (unpaired) electrons. The fourth-order valence-electron chi connectivity index (χ4n) is 2.99. The number of nitrogens with one attached hydrogen (secondary N) is 2. The molecule has 0 aliphatic carbocycles. The van der Waals surface area contributed by atoms with Gasteiger partial charge in [-0.25, -0.2) is 0 Å². The third-order valence-corrected chi connectivity index (χ3v) is 4.37. The molecule has 2 atom stereocenters. The Labute approximate surface area is 162 Å². The van der Waals surface area contributed by atoms with Crippen LogP contribution >= 0.6 is 0 Å². The van der Waals surface area contributed by atoms with Gasteiger partial charge in [-0.05, 0) is 24.1 Å². The number of morpholine rings is 1. The lowest BCUT2D eigenvalue weighted by atomic mass is 9.98. The average molecular weight is 389 g/mol. The van der Waals surface area contributed by atoms with Gasteiger partial charge in [0.15, 0.2) is 17.6 Å². The molecular weight excluding hydrogens is 366 g/mol. The lowest BCUT2D eigenvalue weighted by Gasteiger charge is -2.32. The van der Waals surface area contributed by atoms with Gasteiger partial charge in [0.25, 0.3) is 5.91 Å². The fourth-order valence-corrected chi connectivity index (χ4v) is 2.99. The van der Waals surface area contributed by atoms with Crippen molar-refractivity contribution in [2.24, 2.45) is 0 Å². The van der Waals surface area contributed by atoms with Crippen LogP contribution in [0.1, 0.15) is 18.0 Å². The lowest BCUT2D eigenvalue weighted by molar-refractivity contribution is -0.148.